The van der Waals surface area contributed by atoms with Crippen LogP contribution < -0.4 is 5.73 Å². The second kappa shape index (κ2) is 4.51. The van der Waals surface area contributed by atoms with Crippen LogP contribution in [-0.4, -0.2) is 40.2 Å². The lowest BCUT2D eigenvalue weighted by molar-refractivity contribution is 0.215. The van der Waals surface area contributed by atoms with E-state index in [-0.39, 0.29) is 6.61 Å². The Labute approximate surface area is 93.9 Å². The molecule has 5 nitrogen and oxygen atoms in total. The van der Waals surface area contributed by atoms with E-state index >= 15 is 0 Å². The fourth-order valence-electron chi connectivity index (χ4n) is 1.66. The van der Waals surface area contributed by atoms with E-state index in [1.807, 2.05) is 30.1 Å². The van der Waals surface area contributed by atoms with Crippen LogP contribution in [0.5, 0.6) is 0 Å². The quantitative estimate of drug-likeness (QED) is 0.658. The van der Waals surface area contributed by atoms with E-state index in [9.17, 15) is 0 Å². The number of hydrogen-bond donors (Lipinski definition) is 3. The van der Waals surface area contributed by atoms with Crippen molar-refractivity contribution in [1.29, 1.82) is 0 Å². The van der Waals surface area contributed by atoms with Crippen molar-refractivity contribution >= 4 is 16.7 Å². The van der Waals surface area contributed by atoms with E-state index in [0.717, 1.165) is 22.5 Å². The molecule has 1 aromatic heterocycles. The number of nitrogen functional groups attached to an aromatic ring is 1. The Bertz CT molecular complexity index is 480. The molecule has 1 heterocycles. The van der Waals surface area contributed by atoms with Crippen LogP contribution in [0.15, 0.2) is 18.2 Å². The predicted molar refractivity (Wildman–Crippen MR) is 63.9 cm³/mol. The second-order valence-electron chi connectivity index (χ2n) is 3.92. The van der Waals surface area contributed by atoms with Crippen LogP contribution in [0.3, 0.4) is 0 Å². The number of likely N-dealkylation sites (N-methyl/N-ethyl adjacent to an activating group) is 1. The molecule has 1 aromatic carbocycles. The van der Waals surface area contributed by atoms with Crippen LogP contribution in [0.1, 0.15) is 5.82 Å². The number of benzene rings is 1. The average Bonchev–Trinajstić information content (AvgIpc) is 2.59. The highest BCUT2D eigenvalue weighted by atomic mass is 16.3. The van der Waals surface area contributed by atoms with E-state index in [2.05, 4.69) is 9.97 Å². The lowest BCUT2D eigenvalue weighted by Gasteiger charge is -2.12. The number of aliphatic hydroxyl groups is 1. The largest absolute Gasteiger partial charge is 0.399 e. The summed E-state index contributed by atoms with van der Waals surface area (Å²) in [5, 5.41) is 8.80. The summed E-state index contributed by atoms with van der Waals surface area (Å²) in [6, 6.07) is 5.61. The molecule has 2 rings (SSSR count). The SMILES string of the molecule is CN(CCO)Cc1nc2ccc(N)cc2[nH]1. The van der Waals surface area contributed by atoms with Crippen molar-refractivity contribution in [2.75, 3.05) is 25.9 Å². The van der Waals surface area contributed by atoms with E-state index in [1.165, 1.54) is 0 Å². The van der Waals surface area contributed by atoms with E-state index < -0.39 is 0 Å². The molecule has 86 valence electrons. The number of anilines is 1. The van der Waals surface area contributed by atoms with Gasteiger partial charge in [-0.1, -0.05) is 0 Å². The Morgan fingerprint density at radius 3 is 3.06 bits per heavy atom. The van der Waals surface area contributed by atoms with Crippen molar-refractivity contribution in [3.8, 4) is 0 Å². The Morgan fingerprint density at radius 1 is 1.50 bits per heavy atom. The summed E-state index contributed by atoms with van der Waals surface area (Å²) in [6.45, 7) is 1.48. The Hall–Kier alpha value is -1.59. The van der Waals surface area contributed by atoms with Crippen molar-refractivity contribution in [3.05, 3.63) is 24.0 Å². The van der Waals surface area contributed by atoms with Gasteiger partial charge in [-0.05, 0) is 25.2 Å². The maximum atomic E-state index is 8.80. The zero-order chi connectivity index (χ0) is 11.5. The van der Waals surface area contributed by atoms with Gasteiger partial charge in [0.15, 0.2) is 0 Å². The molecule has 0 saturated heterocycles. The van der Waals surface area contributed by atoms with Crippen LogP contribution in [0.25, 0.3) is 11.0 Å². The average molecular weight is 220 g/mol. The molecule has 0 saturated carbocycles. The van der Waals surface area contributed by atoms with Crippen molar-refractivity contribution in [2.24, 2.45) is 0 Å². The number of hydrogen-bond acceptors (Lipinski definition) is 4. The molecular formula is C11H16N4O. The van der Waals surface area contributed by atoms with Gasteiger partial charge in [-0.25, -0.2) is 4.98 Å². The zero-order valence-electron chi connectivity index (χ0n) is 9.27. The zero-order valence-corrected chi connectivity index (χ0v) is 9.27. The van der Waals surface area contributed by atoms with Crippen LogP contribution in [-0.2, 0) is 6.54 Å². The summed E-state index contributed by atoms with van der Waals surface area (Å²) in [6.07, 6.45) is 0. The van der Waals surface area contributed by atoms with Crippen LogP contribution in [0.4, 0.5) is 5.69 Å². The van der Waals surface area contributed by atoms with Crippen molar-refractivity contribution in [2.45, 2.75) is 6.54 Å². The summed E-state index contributed by atoms with van der Waals surface area (Å²) in [4.78, 5) is 9.65. The third kappa shape index (κ3) is 2.32. The number of nitrogens with one attached hydrogen (secondary N) is 1. The normalized spacial score (nSPS) is 11.4. The molecule has 0 aliphatic rings. The molecule has 0 aliphatic heterocycles. The number of rotatable bonds is 4. The van der Waals surface area contributed by atoms with Crippen molar-refractivity contribution < 1.29 is 5.11 Å². The topological polar surface area (TPSA) is 78.2 Å². The number of aliphatic hydroxyl groups excluding tert-OH is 1. The molecule has 0 aliphatic carbocycles. The maximum absolute atomic E-state index is 8.80. The van der Waals surface area contributed by atoms with E-state index in [1.54, 1.807) is 0 Å². The van der Waals surface area contributed by atoms with Crippen molar-refractivity contribution in [1.82, 2.24) is 14.9 Å². The van der Waals surface area contributed by atoms with Gasteiger partial charge < -0.3 is 15.8 Å². The maximum Gasteiger partial charge on any atom is 0.121 e. The third-order valence-electron chi connectivity index (χ3n) is 2.46. The molecule has 0 unspecified atom stereocenters. The summed E-state index contributed by atoms with van der Waals surface area (Å²) < 4.78 is 0. The Kier molecular flexibility index (Phi) is 3.07. The fourth-order valence-corrected chi connectivity index (χ4v) is 1.66. The number of nitrogens with zero attached hydrogens (tertiary/aromatic N) is 2. The lowest BCUT2D eigenvalue weighted by Crippen LogP contribution is -2.22. The van der Waals surface area contributed by atoms with Gasteiger partial charge in [0, 0.05) is 12.2 Å². The highest BCUT2D eigenvalue weighted by Crippen LogP contribution is 2.15. The van der Waals surface area contributed by atoms with Crippen molar-refractivity contribution in [3.63, 3.8) is 0 Å². The molecule has 0 atom stereocenters. The molecule has 2 aromatic rings. The van der Waals surface area contributed by atoms with E-state index in [0.29, 0.717) is 13.1 Å². The lowest BCUT2D eigenvalue weighted by atomic mass is 10.3. The van der Waals surface area contributed by atoms with Gasteiger partial charge in [0.1, 0.15) is 5.82 Å². The van der Waals surface area contributed by atoms with Gasteiger partial charge in [0.25, 0.3) is 0 Å². The molecule has 4 N–H and O–H groups in total. The van der Waals surface area contributed by atoms with Gasteiger partial charge >= 0.3 is 0 Å². The van der Waals surface area contributed by atoms with Gasteiger partial charge in [0.2, 0.25) is 0 Å². The Balaban J connectivity index is 2.19. The number of fused-ring (bicyclic) bond motifs is 1. The minimum absolute atomic E-state index is 0.156. The fraction of sp³-hybridized carbons (Fsp3) is 0.364. The smallest absolute Gasteiger partial charge is 0.121 e. The number of imidazole rings is 1. The summed E-state index contributed by atoms with van der Waals surface area (Å²) in [5.41, 5.74) is 8.29. The number of aromatic nitrogens is 2. The highest BCUT2D eigenvalue weighted by molar-refractivity contribution is 5.78. The number of nitrogens with two attached hydrogens (primary N) is 1. The molecule has 0 spiro atoms. The summed E-state index contributed by atoms with van der Waals surface area (Å²) in [7, 11) is 1.94. The summed E-state index contributed by atoms with van der Waals surface area (Å²) >= 11 is 0. The molecule has 16 heavy (non-hydrogen) atoms. The number of H-pyrrole nitrogens is 1. The van der Waals surface area contributed by atoms with Gasteiger partial charge in [-0.2, -0.15) is 0 Å². The summed E-state index contributed by atoms with van der Waals surface area (Å²) in [5.74, 6) is 0.886. The molecule has 0 radical (unpaired) electrons. The van der Waals surface area contributed by atoms with Crippen LogP contribution in [0.2, 0.25) is 0 Å². The first-order valence-corrected chi connectivity index (χ1v) is 5.22. The molecule has 0 bridgehead atoms. The minimum atomic E-state index is 0.156. The minimum Gasteiger partial charge on any atom is -0.399 e. The predicted octanol–water partition coefficient (Wildman–Crippen LogP) is 0.569. The van der Waals surface area contributed by atoms with Gasteiger partial charge in [0.05, 0.1) is 24.2 Å². The number of aromatic amines is 1. The first-order chi connectivity index (χ1) is 7.69. The van der Waals surface area contributed by atoms with Crippen LogP contribution >= 0.6 is 0 Å². The third-order valence-corrected chi connectivity index (χ3v) is 2.46. The first kappa shape index (κ1) is 10.9. The van der Waals surface area contributed by atoms with Crippen LogP contribution in [0, 0.1) is 0 Å². The molecule has 0 fully saturated rings. The molecule has 5 heteroatoms. The monoisotopic (exact) mass is 220 g/mol. The van der Waals surface area contributed by atoms with Gasteiger partial charge in [-0.3, -0.25) is 4.90 Å². The second-order valence-corrected chi connectivity index (χ2v) is 3.92. The first-order valence-electron chi connectivity index (χ1n) is 5.22. The highest BCUT2D eigenvalue weighted by Gasteiger charge is 2.05. The molecule has 0 amide bonds. The Morgan fingerprint density at radius 2 is 2.31 bits per heavy atom. The standard InChI is InChI=1S/C11H16N4O/c1-15(4-5-16)7-11-13-9-3-2-8(12)6-10(9)14-11/h2-3,6,16H,4-5,7,12H2,1H3,(H,13,14). The van der Waals surface area contributed by atoms with Gasteiger partial charge in [-0.15, -0.1) is 0 Å². The van der Waals surface area contributed by atoms with E-state index in [4.69, 9.17) is 10.8 Å². The molecular weight excluding hydrogens is 204 g/mol.